The first kappa shape index (κ1) is 31.7. The lowest BCUT2D eigenvalue weighted by Gasteiger charge is -2.20. The molecule has 0 spiro atoms. The van der Waals surface area contributed by atoms with E-state index in [0.29, 0.717) is 47.5 Å². The van der Waals surface area contributed by atoms with Crippen molar-refractivity contribution in [2.45, 2.75) is 39.8 Å². The van der Waals surface area contributed by atoms with E-state index < -0.39 is 9.84 Å². The second-order valence-corrected chi connectivity index (χ2v) is 14.2. The van der Waals surface area contributed by atoms with Crippen molar-refractivity contribution in [3.05, 3.63) is 96.0 Å². The highest BCUT2D eigenvalue weighted by molar-refractivity contribution is 7.90. The van der Waals surface area contributed by atoms with Crippen LogP contribution >= 0.6 is 0 Å². The van der Waals surface area contributed by atoms with Crippen molar-refractivity contribution < 1.29 is 22.4 Å². The predicted octanol–water partition coefficient (Wildman–Crippen LogP) is 6.40. The number of aryl methyl sites for hydroxylation is 1. The molecule has 3 aromatic carbocycles. The Balaban J connectivity index is 1.30. The van der Waals surface area contributed by atoms with Crippen LogP contribution in [0.5, 0.6) is 11.5 Å². The van der Waals surface area contributed by atoms with Crippen LogP contribution in [0.2, 0.25) is 0 Å². The molecule has 0 aliphatic heterocycles. The van der Waals surface area contributed by atoms with Gasteiger partial charge in [-0.25, -0.2) is 18.4 Å². The molecule has 5 rings (SSSR count). The van der Waals surface area contributed by atoms with Gasteiger partial charge in [-0.3, -0.25) is 4.79 Å². The number of hydrogen-bond acceptors (Lipinski definition) is 9. The third-order valence-corrected chi connectivity index (χ3v) is 7.73. The molecular formula is C34H37N5O5S. The molecule has 1 amide bonds. The van der Waals surface area contributed by atoms with Crippen LogP contribution in [0.1, 0.15) is 42.5 Å². The number of nitrogens with zero attached hydrogens (tertiary/aromatic N) is 2. The number of aromatic nitrogens is 2. The van der Waals surface area contributed by atoms with Gasteiger partial charge in [0, 0.05) is 40.5 Å². The maximum atomic E-state index is 12.6. The van der Waals surface area contributed by atoms with Crippen molar-refractivity contribution >= 4 is 38.2 Å². The SMILES string of the molecule is Cc1cc(Nc2ncnc3ccc(-c4ccc(CNCCS(C)(=O)=O)o4)cc23)ccc1Oc1cccc(C(=O)NC(C)(C)C)c1. The van der Waals surface area contributed by atoms with Gasteiger partial charge < -0.3 is 25.1 Å². The molecule has 11 heteroatoms. The van der Waals surface area contributed by atoms with Gasteiger partial charge in [0.15, 0.2) is 0 Å². The maximum Gasteiger partial charge on any atom is 0.251 e. The number of hydrogen-bond donors (Lipinski definition) is 3. The zero-order valence-corrected chi connectivity index (χ0v) is 26.8. The van der Waals surface area contributed by atoms with Crippen LogP contribution in [-0.2, 0) is 16.4 Å². The number of rotatable bonds is 11. The minimum atomic E-state index is -3.02. The molecule has 0 atom stereocenters. The highest BCUT2D eigenvalue weighted by Crippen LogP contribution is 2.32. The Hall–Kier alpha value is -4.74. The smallest absolute Gasteiger partial charge is 0.251 e. The van der Waals surface area contributed by atoms with E-state index in [0.717, 1.165) is 27.7 Å². The van der Waals surface area contributed by atoms with E-state index in [1.807, 2.05) is 82.3 Å². The molecule has 3 N–H and O–H groups in total. The number of furan rings is 1. The summed E-state index contributed by atoms with van der Waals surface area (Å²) in [5.41, 5.74) is 3.55. The fourth-order valence-corrected chi connectivity index (χ4v) is 5.14. The fourth-order valence-electron chi connectivity index (χ4n) is 4.63. The summed E-state index contributed by atoms with van der Waals surface area (Å²) >= 11 is 0. The first-order valence-corrected chi connectivity index (χ1v) is 16.6. The monoisotopic (exact) mass is 627 g/mol. The lowest BCUT2D eigenvalue weighted by Crippen LogP contribution is -2.40. The minimum absolute atomic E-state index is 0.0715. The summed E-state index contributed by atoms with van der Waals surface area (Å²) in [6.45, 7) is 8.56. The van der Waals surface area contributed by atoms with Gasteiger partial charge in [-0.2, -0.15) is 0 Å². The van der Waals surface area contributed by atoms with Crippen molar-refractivity contribution in [3.8, 4) is 22.8 Å². The standard InChI is InChI=1S/C34H37N5O5S/c1-22-17-25(10-13-30(22)43-26-8-6-7-24(18-26)33(40)39-34(2,3)4)38-32-28-19-23(9-12-29(28)36-21-37-32)31-14-11-27(44-31)20-35-15-16-45(5,41)42/h6-14,17-19,21,35H,15-16,20H2,1-5H3,(H,39,40)(H,36,37,38). The number of carbonyl (C=O) groups excluding carboxylic acids is 1. The molecule has 0 unspecified atom stereocenters. The largest absolute Gasteiger partial charge is 0.460 e. The van der Waals surface area contributed by atoms with Gasteiger partial charge in [-0.05, 0) is 100.0 Å². The third kappa shape index (κ3) is 8.68. The van der Waals surface area contributed by atoms with Crippen LogP contribution in [0.15, 0.2) is 83.5 Å². The molecule has 45 heavy (non-hydrogen) atoms. The van der Waals surface area contributed by atoms with Crippen molar-refractivity contribution in [2.75, 3.05) is 23.9 Å². The van der Waals surface area contributed by atoms with E-state index in [9.17, 15) is 13.2 Å². The predicted molar refractivity (Wildman–Crippen MR) is 177 cm³/mol. The van der Waals surface area contributed by atoms with Gasteiger partial charge in [0.05, 0.1) is 17.8 Å². The normalized spacial score (nSPS) is 11.8. The van der Waals surface area contributed by atoms with Gasteiger partial charge >= 0.3 is 0 Å². The van der Waals surface area contributed by atoms with Gasteiger partial charge in [0.1, 0.15) is 45.0 Å². The average Bonchev–Trinajstić information content (AvgIpc) is 3.45. The number of ether oxygens (including phenoxy) is 1. The molecular weight excluding hydrogens is 590 g/mol. The van der Waals surface area contributed by atoms with E-state index in [2.05, 4.69) is 25.9 Å². The summed E-state index contributed by atoms with van der Waals surface area (Å²) in [6.07, 6.45) is 2.74. The van der Waals surface area contributed by atoms with Crippen molar-refractivity contribution in [3.63, 3.8) is 0 Å². The van der Waals surface area contributed by atoms with Gasteiger partial charge in [-0.1, -0.05) is 6.07 Å². The molecule has 0 radical (unpaired) electrons. The quantitative estimate of drug-likeness (QED) is 0.142. The van der Waals surface area contributed by atoms with Crippen LogP contribution in [-0.4, -0.2) is 48.4 Å². The molecule has 0 aliphatic carbocycles. The van der Waals surface area contributed by atoms with Crippen LogP contribution < -0.4 is 20.7 Å². The number of sulfone groups is 1. The van der Waals surface area contributed by atoms with Crippen molar-refractivity contribution in [2.24, 2.45) is 0 Å². The first-order valence-electron chi connectivity index (χ1n) is 14.5. The second kappa shape index (κ2) is 13.1. The molecule has 10 nitrogen and oxygen atoms in total. The lowest BCUT2D eigenvalue weighted by molar-refractivity contribution is 0.0919. The molecule has 0 bridgehead atoms. The number of fused-ring (bicyclic) bond motifs is 1. The molecule has 0 fully saturated rings. The molecule has 5 aromatic rings. The summed E-state index contributed by atoms with van der Waals surface area (Å²) in [4.78, 5) is 21.5. The molecule has 0 aliphatic rings. The van der Waals surface area contributed by atoms with E-state index in [-0.39, 0.29) is 17.2 Å². The van der Waals surface area contributed by atoms with Gasteiger partial charge in [-0.15, -0.1) is 0 Å². The zero-order chi connectivity index (χ0) is 32.2. The second-order valence-electron chi connectivity index (χ2n) is 12.0. The summed E-state index contributed by atoms with van der Waals surface area (Å²) in [6, 6.07) is 22.5. The van der Waals surface area contributed by atoms with E-state index in [1.165, 1.54) is 12.6 Å². The Morgan fingerprint density at radius 1 is 0.978 bits per heavy atom. The molecule has 0 saturated heterocycles. The Morgan fingerprint density at radius 3 is 2.56 bits per heavy atom. The minimum Gasteiger partial charge on any atom is -0.460 e. The Bertz CT molecular complexity index is 1950. The topological polar surface area (TPSA) is 135 Å². The van der Waals surface area contributed by atoms with Crippen LogP contribution in [0.4, 0.5) is 11.5 Å². The van der Waals surface area contributed by atoms with Crippen molar-refractivity contribution in [1.82, 2.24) is 20.6 Å². The van der Waals surface area contributed by atoms with Gasteiger partial charge in [0.2, 0.25) is 0 Å². The highest BCUT2D eigenvalue weighted by Gasteiger charge is 2.16. The number of nitrogens with one attached hydrogen (secondary N) is 3. The Labute approximate surface area is 263 Å². The summed E-state index contributed by atoms with van der Waals surface area (Å²) in [5, 5.41) is 10.3. The van der Waals surface area contributed by atoms with Crippen LogP contribution in [0.3, 0.4) is 0 Å². The van der Waals surface area contributed by atoms with E-state index in [4.69, 9.17) is 9.15 Å². The number of benzene rings is 3. The highest BCUT2D eigenvalue weighted by atomic mass is 32.2. The lowest BCUT2D eigenvalue weighted by atomic mass is 10.1. The van der Waals surface area contributed by atoms with Crippen LogP contribution in [0, 0.1) is 6.92 Å². The number of carbonyl (C=O) groups is 1. The van der Waals surface area contributed by atoms with E-state index >= 15 is 0 Å². The molecule has 0 saturated carbocycles. The Morgan fingerprint density at radius 2 is 1.80 bits per heavy atom. The molecule has 2 aromatic heterocycles. The summed E-state index contributed by atoms with van der Waals surface area (Å²) < 4.78 is 34.9. The summed E-state index contributed by atoms with van der Waals surface area (Å²) in [5.74, 6) is 3.19. The molecule has 234 valence electrons. The Kier molecular flexibility index (Phi) is 9.21. The number of amides is 1. The first-order chi connectivity index (χ1) is 21.3. The fraction of sp³-hybridized carbons (Fsp3) is 0.265. The van der Waals surface area contributed by atoms with Crippen molar-refractivity contribution in [1.29, 1.82) is 0 Å². The average molecular weight is 628 g/mol. The maximum absolute atomic E-state index is 12.6. The summed E-state index contributed by atoms with van der Waals surface area (Å²) in [7, 11) is -3.02. The van der Waals surface area contributed by atoms with E-state index in [1.54, 1.807) is 18.2 Å². The molecule has 2 heterocycles. The number of anilines is 2. The zero-order valence-electron chi connectivity index (χ0n) is 26.0. The van der Waals surface area contributed by atoms with Crippen LogP contribution in [0.25, 0.3) is 22.2 Å². The van der Waals surface area contributed by atoms with Gasteiger partial charge in [0.25, 0.3) is 5.91 Å². The third-order valence-electron chi connectivity index (χ3n) is 6.78.